The van der Waals surface area contributed by atoms with Crippen LogP contribution in [0, 0.1) is 13.8 Å². The molecule has 0 aliphatic carbocycles. The van der Waals surface area contributed by atoms with Crippen molar-refractivity contribution in [1.29, 1.82) is 0 Å². The molecule has 4 atom stereocenters. The van der Waals surface area contributed by atoms with Crippen LogP contribution in [0.15, 0.2) is 43.9 Å². The van der Waals surface area contributed by atoms with Crippen molar-refractivity contribution in [3.05, 3.63) is 45.2 Å². The number of aromatic nitrogens is 12. The third-order valence-electron chi connectivity index (χ3n) is 8.26. The Labute approximate surface area is 350 Å². The zero-order valence-corrected chi connectivity index (χ0v) is 34.7. The van der Waals surface area contributed by atoms with Gasteiger partial charge in [0.25, 0.3) is 11.8 Å². The number of fused-ring (bicyclic) bond motifs is 1. The number of β-lactam (4-membered cyclic amide) rings is 1. The molecule has 0 saturated carbocycles. The van der Waals surface area contributed by atoms with E-state index in [1.165, 1.54) is 73.9 Å². The second-order valence-electron chi connectivity index (χ2n) is 12.2. The van der Waals surface area contributed by atoms with Crippen LogP contribution < -0.4 is 10.6 Å². The molecule has 0 unspecified atom stereocenters. The second kappa shape index (κ2) is 17.8. The molecule has 3 aliphatic heterocycles. The van der Waals surface area contributed by atoms with Crippen LogP contribution in [0.3, 0.4) is 0 Å². The molecule has 1 saturated heterocycles. The molecular weight excluding hydrogens is 881 g/mol. The van der Waals surface area contributed by atoms with Gasteiger partial charge in [0.2, 0.25) is 11.8 Å². The van der Waals surface area contributed by atoms with Crippen LogP contribution in [-0.2, 0) is 41.9 Å². The van der Waals surface area contributed by atoms with Crippen molar-refractivity contribution in [1.82, 2.24) is 81.2 Å². The van der Waals surface area contributed by atoms with E-state index in [0.717, 1.165) is 27.7 Å². The zero-order chi connectivity index (χ0) is 41.1. The number of nitrogens with one attached hydrogen (secondary N) is 2. The van der Waals surface area contributed by atoms with E-state index in [2.05, 4.69) is 62.1 Å². The minimum absolute atomic E-state index is 0.0395. The first kappa shape index (κ1) is 41.1. The van der Waals surface area contributed by atoms with Crippen LogP contribution >= 0.6 is 69.7 Å². The number of thioether (sulfide) groups is 4. The predicted octanol–water partition coefficient (Wildman–Crippen LogP) is -1.27. The molecule has 58 heavy (non-hydrogen) atoms. The van der Waals surface area contributed by atoms with Crippen LogP contribution in [0.4, 0.5) is 0 Å². The number of hydrogen-bond donors (Lipinski definition) is 4. The molecule has 4 aromatic heterocycles. The van der Waals surface area contributed by atoms with Gasteiger partial charge in [-0.3, -0.25) is 29.0 Å². The highest BCUT2D eigenvalue weighted by Gasteiger charge is 2.56. The van der Waals surface area contributed by atoms with Gasteiger partial charge >= 0.3 is 11.9 Å². The van der Waals surface area contributed by atoms with Crippen molar-refractivity contribution in [2.45, 2.75) is 58.4 Å². The molecule has 3 aliphatic rings. The molecule has 4 aromatic rings. The monoisotopic (exact) mass is 908 g/mol. The van der Waals surface area contributed by atoms with Gasteiger partial charge in [0.05, 0.1) is 0 Å². The van der Waals surface area contributed by atoms with Gasteiger partial charge in [-0.15, -0.1) is 54.1 Å². The summed E-state index contributed by atoms with van der Waals surface area (Å²) in [5.41, 5.74) is -0.0217. The van der Waals surface area contributed by atoms with Crippen LogP contribution in [0.2, 0.25) is 0 Å². The van der Waals surface area contributed by atoms with E-state index in [0.29, 0.717) is 24.3 Å². The van der Waals surface area contributed by atoms with E-state index in [1.807, 2.05) is 0 Å². The maximum Gasteiger partial charge on any atom is 0.352 e. The standard InChI is InChI=1S/C28H28N16O8S6/c1-11-33-35-27(57-11)55-7-13-5-53-23-17(31-15(45)3-41-9-29-37-39-41)21(47)43(23)19(13)22(48)44-20(26(51)52)14(8-56-28-36-34-12(2)58-28)6-54-24(44)18(25(49)50)32-16(46)4-42-10-30-38-40-42/h9-10,17-18,23-24H,3-8H2,1-2H3,(H,31,45)(H,32,46)(H,49,50)(H,51,52)/t17-,18+,23-,24-/m1/s1. The lowest BCUT2D eigenvalue weighted by Crippen LogP contribution is -2.71. The molecular formula is C28H28N16O8S6. The van der Waals surface area contributed by atoms with Gasteiger partial charge in [-0.2, -0.15) is 0 Å². The number of rotatable bonds is 16. The summed E-state index contributed by atoms with van der Waals surface area (Å²) in [5.74, 6) is -5.88. The SMILES string of the molecule is Cc1nnc(SCC2=C(C(=O)O)N(C(=O)C3=C(CSc4nnc(C)s4)CS[C@@H]4[C@H](NC(=O)Cn5cnnn5)C(=O)N34)[C@@H]([C@H](NC(=O)Cn3cnnn3)C(=O)O)SC2)s1. The molecule has 7 rings (SSSR count). The Morgan fingerprint density at radius 3 is 1.91 bits per heavy atom. The number of nitrogens with zero attached hydrogens (tertiary/aromatic N) is 14. The molecule has 7 heterocycles. The Morgan fingerprint density at radius 1 is 0.828 bits per heavy atom. The lowest BCUT2D eigenvalue weighted by atomic mass is 10.0. The molecule has 0 radical (unpaired) electrons. The first-order chi connectivity index (χ1) is 27.9. The highest BCUT2D eigenvalue weighted by molar-refractivity contribution is 8.02. The average Bonchev–Trinajstić information content (AvgIpc) is 4.04. The van der Waals surface area contributed by atoms with Crippen molar-refractivity contribution >= 4 is 105 Å². The number of carboxylic acid groups (broad SMARTS) is 2. The number of carboxylic acids is 2. The molecule has 0 bridgehead atoms. The largest absolute Gasteiger partial charge is 0.480 e. The van der Waals surface area contributed by atoms with Gasteiger partial charge in [-0.05, 0) is 45.8 Å². The third kappa shape index (κ3) is 8.99. The van der Waals surface area contributed by atoms with Gasteiger partial charge in [-0.25, -0.2) is 19.0 Å². The minimum Gasteiger partial charge on any atom is -0.480 e. The number of aryl methyl sites for hydroxylation is 2. The Balaban J connectivity index is 1.27. The Bertz CT molecular complexity index is 2300. The minimum atomic E-state index is -1.85. The predicted molar refractivity (Wildman–Crippen MR) is 206 cm³/mol. The fourth-order valence-electron chi connectivity index (χ4n) is 5.83. The van der Waals surface area contributed by atoms with Crippen molar-refractivity contribution in [2.24, 2.45) is 0 Å². The van der Waals surface area contributed by atoms with E-state index < -0.39 is 70.6 Å². The van der Waals surface area contributed by atoms with Gasteiger partial charge < -0.3 is 20.8 Å². The summed E-state index contributed by atoms with van der Waals surface area (Å²) in [6.45, 7) is 2.77. The summed E-state index contributed by atoms with van der Waals surface area (Å²) in [6, 6.07) is -2.92. The van der Waals surface area contributed by atoms with Crippen molar-refractivity contribution in [3.8, 4) is 0 Å². The Kier molecular flexibility index (Phi) is 12.7. The molecule has 0 aromatic carbocycles. The molecule has 0 spiro atoms. The van der Waals surface area contributed by atoms with E-state index in [1.54, 1.807) is 13.8 Å². The average molecular weight is 909 g/mol. The van der Waals surface area contributed by atoms with Crippen LogP contribution in [0.25, 0.3) is 0 Å². The number of aliphatic carboxylic acids is 2. The molecule has 24 nitrogen and oxygen atoms in total. The van der Waals surface area contributed by atoms with Gasteiger partial charge in [-0.1, -0.05) is 46.2 Å². The fraction of sp³-hybridized carbons (Fsp3) is 0.429. The van der Waals surface area contributed by atoms with Gasteiger partial charge in [0.15, 0.2) is 14.7 Å². The van der Waals surface area contributed by atoms with Crippen LogP contribution in [0.1, 0.15) is 10.0 Å². The second-order valence-corrected chi connectivity index (χ2v) is 19.2. The maximum atomic E-state index is 15.3. The lowest BCUT2D eigenvalue weighted by molar-refractivity contribution is -0.150. The smallest absolute Gasteiger partial charge is 0.352 e. The number of carbonyl (C=O) groups excluding carboxylic acids is 4. The van der Waals surface area contributed by atoms with Crippen molar-refractivity contribution in [2.75, 3.05) is 23.0 Å². The highest BCUT2D eigenvalue weighted by atomic mass is 32.2. The van der Waals surface area contributed by atoms with E-state index in [9.17, 15) is 34.2 Å². The molecule has 4 amide bonds. The molecule has 4 N–H and O–H groups in total. The quantitative estimate of drug-likeness (QED) is 0.0752. The summed E-state index contributed by atoms with van der Waals surface area (Å²) in [7, 11) is 0. The van der Waals surface area contributed by atoms with Crippen molar-refractivity contribution < 1.29 is 39.0 Å². The molecule has 30 heteroatoms. The van der Waals surface area contributed by atoms with E-state index in [4.69, 9.17) is 0 Å². The number of carbonyl (C=O) groups is 6. The summed E-state index contributed by atoms with van der Waals surface area (Å²) < 4.78 is 3.34. The van der Waals surface area contributed by atoms with Crippen LogP contribution in [0.5, 0.6) is 0 Å². The zero-order valence-electron chi connectivity index (χ0n) is 29.8. The summed E-state index contributed by atoms with van der Waals surface area (Å²) in [5, 5.41) is 63.0. The number of tetrazole rings is 2. The Hall–Kier alpha value is -5.04. The normalized spacial score (nSPS) is 19.8. The van der Waals surface area contributed by atoms with E-state index in [-0.39, 0.29) is 40.8 Å². The third-order valence-corrected chi connectivity index (χ3v) is 15.1. The first-order valence-corrected chi connectivity index (χ1v) is 22.2. The summed E-state index contributed by atoms with van der Waals surface area (Å²) in [4.78, 5) is 83.8. The number of hydrogen-bond acceptors (Lipinski definition) is 22. The van der Waals surface area contributed by atoms with Gasteiger partial charge in [0.1, 0.15) is 63.9 Å². The lowest BCUT2D eigenvalue weighted by Gasteiger charge is -2.51. The van der Waals surface area contributed by atoms with Gasteiger partial charge in [0, 0.05) is 23.0 Å². The summed E-state index contributed by atoms with van der Waals surface area (Å²) in [6.07, 6.45) is 2.38. The number of amides is 4. The first-order valence-electron chi connectivity index (χ1n) is 16.5. The highest BCUT2D eigenvalue weighted by Crippen LogP contribution is 2.45. The van der Waals surface area contributed by atoms with E-state index >= 15 is 4.79 Å². The fourth-order valence-corrected chi connectivity index (χ4v) is 12.4. The van der Waals surface area contributed by atoms with Crippen molar-refractivity contribution in [3.63, 3.8) is 0 Å². The topological polar surface area (TPSA) is 312 Å². The Morgan fingerprint density at radius 2 is 1.40 bits per heavy atom. The van der Waals surface area contributed by atoms with Crippen LogP contribution in [-0.4, -0.2) is 162 Å². The molecule has 1 fully saturated rings. The maximum absolute atomic E-state index is 15.3. The molecule has 304 valence electrons. The summed E-state index contributed by atoms with van der Waals surface area (Å²) >= 11 is 7.26.